The summed E-state index contributed by atoms with van der Waals surface area (Å²) >= 11 is 12.0. The molecule has 0 saturated heterocycles. The lowest BCUT2D eigenvalue weighted by Crippen LogP contribution is -1.89. The predicted octanol–water partition coefficient (Wildman–Crippen LogP) is 4.75. The first kappa shape index (κ1) is 12.9. The molecular weight excluding hydrogens is 269 g/mol. The molecule has 0 bridgehead atoms. The van der Waals surface area contributed by atoms with Crippen LogP contribution in [0.25, 0.3) is 0 Å². The number of ether oxygens (including phenoxy) is 1. The van der Waals surface area contributed by atoms with Crippen LogP contribution in [0, 0.1) is 0 Å². The number of benzene rings is 2. The van der Waals surface area contributed by atoms with Crippen LogP contribution in [0.5, 0.6) is 5.75 Å². The third-order valence-electron chi connectivity index (χ3n) is 2.41. The van der Waals surface area contributed by atoms with Crippen molar-refractivity contribution >= 4 is 35.1 Å². The van der Waals surface area contributed by atoms with E-state index in [-0.39, 0.29) is 0 Å². The second-order valence-electron chi connectivity index (χ2n) is 3.57. The summed E-state index contributed by atoms with van der Waals surface area (Å²) in [4.78, 5) is 4.32. The summed E-state index contributed by atoms with van der Waals surface area (Å²) in [5.74, 6) is 0.763. The molecule has 92 valence electrons. The van der Waals surface area contributed by atoms with Crippen molar-refractivity contribution in [2.24, 2.45) is 4.99 Å². The van der Waals surface area contributed by atoms with Gasteiger partial charge in [0, 0.05) is 11.8 Å². The lowest BCUT2D eigenvalue weighted by atomic mass is 10.2. The summed E-state index contributed by atoms with van der Waals surface area (Å²) in [5, 5.41) is 0.941. The van der Waals surface area contributed by atoms with Crippen LogP contribution in [-0.4, -0.2) is 13.3 Å². The van der Waals surface area contributed by atoms with Crippen molar-refractivity contribution in [2.75, 3.05) is 7.11 Å². The Kier molecular flexibility index (Phi) is 4.24. The Hall–Kier alpha value is -1.51. The number of halogens is 2. The maximum Gasteiger partial charge on any atom is 0.127 e. The summed E-state index contributed by atoms with van der Waals surface area (Å²) in [5.41, 5.74) is 1.52. The Morgan fingerprint density at radius 1 is 1.06 bits per heavy atom. The molecule has 0 N–H and O–H groups in total. The van der Waals surface area contributed by atoms with E-state index in [1.54, 1.807) is 25.5 Å². The normalized spacial score (nSPS) is 10.8. The largest absolute Gasteiger partial charge is 0.496 e. The van der Waals surface area contributed by atoms with Gasteiger partial charge in [0.15, 0.2) is 0 Å². The molecule has 0 saturated carbocycles. The molecule has 0 spiro atoms. The van der Waals surface area contributed by atoms with Crippen molar-refractivity contribution in [1.82, 2.24) is 0 Å². The maximum atomic E-state index is 6.06. The van der Waals surface area contributed by atoms with Gasteiger partial charge in [-0.05, 0) is 24.3 Å². The lowest BCUT2D eigenvalue weighted by molar-refractivity contribution is 0.414. The van der Waals surface area contributed by atoms with Crippen molar-refractivity contribution in [2.45, 2.75) is 0 Å². The summed E-state index contributed by atoms with van der Waals surface area (Å²) < 4.78 is 5.24. The third-order valence-corrected chi connectivity index (χ3v) is 3.22. The van der Waals surface area contributed by atoms with Gasteiger partial charge in [-0.2, -0.15) is 0 Å². The van der Waals surface area contributed by atoms with Gasteiger partial charge in [-0.1, -0.05) is 41.4 Å². The Morgan fingerprint density at radius 3 is 2.61 bits per heavy atom. The minimum Gasteiger partial charge on any atom is -0.496 e. The van der Waals surface area contributed by atoms with E-state index in [0.717, 1.165) is 11.3 Å². The number of rotatable bonds is 3. The zero-order chi connectivity index (χ0) is 13.0. The summed E-state index contributed by atoms with van der Waals surface area (Å²) in [6, 6.07) is 13.0. The first-order valence-electron chi connectivity index (χ1n) is 5.33. The molecule has 2 aromatic carbocycles. The van der Waals surface area contributed by atoms with Crippen molar-refractivity contribution < 1.29 is 4.74 Å². The van der Waals surface area contributed by atoms with Crippen LogP contribution in [0.1, 0.15) is 5.56 Å². The van der Waals surface area contributed by atoms with E-state index in [1.807, 2.05) is 30.3 Å². The summed E-state index contributed by atoms with van der Waals surface area (Å²) in [7, 11) is 1.62. The van der Waals surface area contributed by atoms with E-state index in [2.05, 4.69) is 4.99 Å². The van der Waals surface area contributed by atoms with Crippen LogP contribution in [0.4, 0.5) is 5.69 Å². The third kappa shape index (κ3) is 2.84. The smallest absolute Gasteiger partial charge is 0.127 e. The van der Waals surface area contributed by atoms with Crippen LogP contribution in [0.2, 0.25) is 10.0 Å². The maximum absolute atomic E-state index is 6.06. The van der Waals surface area contributed by atoms with Gasteiger partial charge < -0.3 is 4.74 Å². The van der Waals surface area contributed by atoms with Gasteiger partial charge in [0.05, 0.1) is 22.8 Å². The molecule has 0 atom stereocenters. The fourth-order valence-corrected chi connectivity index (χ4v) is 1.85. The van der Waals surface area contributed by atoms with Gasteiger partial charge >= 0.3 is 0 Å². The van der Waals surface area contributed by atoms with Crippen LogP contribution >= 0.6 is 23.2 Å². The molecule has 2 nitrogen and oxygen atoms in total. The van der Waals surface area contributed by atoms with E-state index >= 15 is 0 Å². The van der Waals surface area contributed by atoms with E-state index in [4.69, 9.17) is 27.9 Å². The van der Waals surface area contributed by atoms with Gasteiger partial charge in [0.25, 0.3) is 0 Å². The molecule has 0 unspecified atom stereocenters. The SMILES string of the molecule is COc1ccccc1C=Nc1cccc(Cl)c1Cl. The Labute approximate surface area is 116 Å². The van der Waals surface area contributed by atoms with Crippen molar-refractivity contribution in [3.63, 3.8) is 0 Å². The number of hydrogen-bond acceptors (Lipinski definition) is 2. The molecule has 0 aliphatic carbocycles. The second-order valence-corrected chi connectivity index (χ2v) is 4.36. The van der Waals surface area contributed by atoms with Crippen molar-refractivity contribution in [1.29, 1.82) is 0 Å². The molecule has 0 fully saturated rings. The molecule has 0 aromatic heterocycles. The van der Waals surface area contributed by atoms with E-state index in [0.29, 0.717) is 15.7 Å². The second kappa shape index (κ2) is 5.89. The number of para-hydroxylation sites is 1. The average Bonchev–Trinajstić information content (AvgIpc) is 2.41. The van der Waals surface area contributed by atoms with E-state index in [9.17, 15) is 0 Å². The Balaban J connectivity index is 2.33. The zero-order valence-corrected chi connectivity index (χ0v) is 11.2. The van der Waals surface area contributed by atoms with E-state index in [1.165, 1.54) is 0 Å². The predicted molar refractivity (Wildman–Crippen MR) is 76.7 cm³/mol. The highest BCUT2D eigenvalue weighted by Crippen LogP contribution is 2.31. The first-order valence-corrected chi connectivity index (χ1v) is 6.09. The quantitative estimate of drug-likeness (QED) is 0.743. The molecule has 0 radical (unpaired) electrons. The standard InChI is InChI=1S/C14H11Cl2NO/c1-18-13-8-3-2-5-10(13)9-17-12-7-4-6-11(15)14(12)16/h2-9H,1H3. The van der Waals surface area contributed by atoms with E-state index < -0.39 is 0 Å². The minimum atomic E-state index is 0.449. The monoisotopic (exact) mass is 279 g/mol. The summed E-state index contributed by atoms with van der Waals surface area (Å²) in [6.45, 7) is 0. The van der Waals surface area contributed by atoms with Gasteiger partial charge in [-0.25, -0.2) is 0 Å². The fraction of sp³-hybridized carbons (Fsp3) is 0.0714. The van der Waals surface area contributed by atoms with Crippen LogP contribution < -0.4 is 4.74 Å². The highest BCUT2D eigenvalue weighted by atomic mass is 35.5. The van der Waals surface area contributed by atoms with Gasteiger partial charge in [0.1, 0.15) is 5.75 Å². The highest BCUT2D eigenvalue weighted by Gasteiger charge is 2.03. The number of nitrogens with zero attached hydrogens (tertiary/aromatic N) is 1. The van der Waals surface area contributed by atoms with Crippen LogP contribution in [0.15, 0.2) is 47.5 Å². The van der Waals surface area contributed by atoms with Crippen LogP contribution in [-0.2, 0) is 0 Å². The molecule has 0 aliphatic heterocycles. The first-order chi connectivity index (χ1) is 8.72. The lowest BCUT2D eigenvalue weighted by Gasteiger charge is -2.03. The topological polar surface area (TPSA) is 21.6 Å². The molecule has 0 heterocycles. The summed E-state index contributed by atoms with van der Waals surface area (Å²) in [6.07, 6.45) is 1.70. The molecule has 0 aliphatic rings. The molecule has 0 amide bonds. The molecule has 2 rings (SSSR count). The molecular formula is C14H11Cl2NO. The molecule has 18 heavy (non-hydrogen) atoms. The van der Waals surface area contributed by atoms with Gasteiger partial charge in [0.2, 0.25) is 0 Å². The molecule has 2 aromatic rings. The Morgan fingerprint density at radius 2 is 1.83 bits per heavy atom. The van der Waals surface area contributed by atoms with Crippen molar-refractivity contribution in [3.05, 3.63) is 58.1 Å². The Bertz CT molecular complexity index is 582. The minimum absolute atomic E-state index is 0.449. The average molecular weight is 280 g/mol. The number of methoxy groups -OCH3 is 1. The van der Waals surface area contributed by atoms with Gasteiger partial charge in [-0.15, -0.1) is 0 Å². The fourth-order valence-electron chi connectivity index (χ4n) is 1.50. The molecule has 4 heteroatoms. The number of aliphatic imine (C=N–C) groups is 1. The van der Waals surface area contributed by atoms with Crippen molar-refractivity contribution in [3.8, 4) is 5.75 Å². The van der Waals surface area contributed by atoms with Crippen LogP contribution in [0.3, 0.4) is 0 Å². The number of hydrogen-bond donors (Lipinski definition) is 0. The zero-order valence-electron chi connectivity index (χ0n) is 9.73. The van der Waals surface area contributed by atoms with Gasteiger partial charge in [-0.3, -0.25) is 4.99 Å². The highest BCUT2D eigenvalue weighted by molar-refractivity contribution is 6.43.